The highest BCUT2D eigenvalue weighted by molar-refractivity contribution is 6.52. The molecule has 0 bridgehead atoms. The lowest BCUT2D eigenvalue weighted by atomic mass is 9.98. The lowest BCUT2D eigenvalue weighted by Crippen LogP contribution is -2.30. The first-order valence-electron chi connectivity index (χ1n) is 10.0. The summed E-state index contributed by atoms with van der Waals surface area (Å²) >= 11 is 6.32. The molecule has 2 heterocycles. The summed E-state index contributed by atoms with van der Waals surface area (Å²) in [5.41, 5.74) is 2.48. The van der Waals surface area contributed by atoms with E-state index in [2.05, 4.69) is 0 Å². The van der Waals surface area contributed by atoms with E-state index < -0.39 is 17.7 Å². The molecule has 1 aliphatic heterocycles. The van der Waals surface area contributed by atoms with Gasteiger partial charge in [0.05, 0.1) is 17.7 Å². The molecule has 1 amide bonds. The molecule has 164 valence electrons. The SMILES string of the molecule is COc1ccc(Cl)c(/C(O)=C2/C(=O)C(=O)N(c3cccc(C)c3C)C2c2ccc(C)o2)c1. The zero-order chi connectivity index (χ0) is 23.2. The van der Waals surface area contributed by atoms with E-state index in [4.69, 9.17) is 20.8 Å². The van der Waals surface area contributed by atoms with Crippen LogP contribution in [-0.4, -0.2) is 23.9 Å². The molecule has 0 radical (unpaired) electrons. The van der Waals surface area contributed by atoms with Crippen LogP contribution in [0.25, 0.3) is 5.76 Å². The number of rotatable bonds is 4. The Morgan fingerprint density at radius 3 is 2.50 bits per heavy atom. The maximum atomic E-state index is 13.2. The molecule has 1 atom stereocenters. The summed E-state index contributed by atoms with van der Waals surface area (Å²) in [7, 11) is 1.48. The lowest BCUT2D eigenvalue weighted by Gasteiger charge is -2.25. The van der Waals surface area contributed by atoms with E-state index in [-0.39, 0.29) is 21.9 Å². The number of carbonyl (C=O) groups is 2. The van der Waals surface area contributed by atoms with Gasteiger partial charge in [0.15, 0.2) is 0 Å². The molecule has 1 fully saturated rings. The summed E-state index contributed by atoms with van der Waals surface area (Å²) in [6.45, 7) is 5.58. The van der Waals surface area contributed by atoms with E-state index in [1.165, 1.54) is 18.1 Å². The second-order valence-corrected chi connectivity index (χ2v) is 8.09. The second kappa shape index (κ2) is 8.20. The number of Topliss-reactive ketones (excluding diaryl/α,β-unsaturated/α-hetero) is 1. The van der Waals surface area contributed by atoms with Crippen molar-refractivity contribution < 1.29 is 23.8 Å². The number of methoxy groups -OCH3 is 1. The van der Waals surface area contributed by atoms with Crippen molar-refractivity contribution in [2.24, 2.45) is 0 Å². The molecule has 3 aromatic rings. The van der Waals surface area contributed by atoms with Gasteiger partial charge in [0.25, 0.3) is 11.7 Å². The minimum atomic E-state index is -0.952. The van der Waals surface area contributed by atoms with Crippen LogP contribution in [0.5, 0.6) is 5.75 Å². The van der Waals surface area contributed by atoms with Crippen LogP contribution >= 0.6 is 11.6 Å². The molecule has 1 unspecified atom stereocenters. The minimum absolute atomic E-state index is 0.0968. The highest BCUT2D eigenvalue weighted by Crippen LogP contribution is 2.44. The minimum Gasteiger partial charge on any atom is -0.507 e. The predicted octanol–water partition coefficient (Wildman–Crippen LogP) is 5.49. The number of furan rings is 1. The number of ketones is 1. The fraction of sp³-hybridized carbons (Fsp3) is 0.200. The highest BCUT2D eigenvalue weighted by Gasteiger charge is 2.49. The third-order valence-electron chi connectivity index (χ3n) is 5.74. The normalized spacial score (nSPS) is 17.8. The van der Waals surface area contributed by atoms with Crippen molar-refractivity contribution in [2.45, 2.75) is 26.8 Å². The van der Waals surface area contributed by atoms with Crippen LogP contribution < -0.4 is 9.64 Å². The van der Waals surface area contributed by atoms with E-state index in [0.717, 1.165) is 11.1 Å². The first-order chi connectivity index (χ1) is 15.2. The number of amides is 1. The number of ether oxygens (including phenoxy) is 1. The summed E-state index contributed by atoms with van der Waals surface area (Å²) in [4.78, 5) is 27.9. The Hall–Kier alpha value is -3.51. The number of aryl methyl sites for hydroxylation is 2. The Bertz CT molecular complexity index is 1270. The largest absolute Gasteiger partial charge is 0.507 e. The topological polar surface area (TPSA) is 80.0 Å². The molecule has 1 aromatic heterocycles. The van der Waals surface area contributed by atoms with Crippen molar-refractivity contribution >= 4 is 34.7 Å². The van der Waals surface area contributed by atoms with Gasteiger partial charge < -0.3 is 14.3 Å². The van der Waals surface area contributed by atoms with Crippen molar-refractivity contribution in [3.8, 4) is 5.75 Å². The van der Waals surface area contributed by atoms with E-state index in [1.54, 1.807) is 37.3 Å². The molecule has 1 N–H and O–H groups in total. The van der Waals surface area contributed by atoms with Crippen molar-refractivity contribution in [1.82, 2.24) is 0 Å². The van der Waals surface area contributed by atoms with Gasteiger partial charge in [-0.15, -0.1) is 0 Å². The number of carbonyl (C=O) groups excluding carboxylic acids is 2. The Labute approximate surface area is 190 Å². The third kappa shape index (κ3) is 3.46. The van der Waals surface area contributed by atoms with Crippen molar-refractivity contribution in [2.75, 3.05) is 12.0 Å². The van der Waals surface area contributed by atoms with E-state index in [1.807, 2.05) is 26.0 Å². The van der Waals surface area contributed by atoms with Crippen LogP contribution in [0.4, 0.5) is 5.69 Å². The molecule has 6 nitrogen and oxygen atoms in total. The Kier molecular flexibility index (Phi) is 5.57. The van der Waals surface area contributed by atoms with Crippen molar-refractivity contribution in [3.63, 3.8) is 0 Å². The number of hydrogen-bond donors (Lipinski definition) is 1. The number of hydrogen-bond acceptors (Lipinski definition) is 5. The standard InChI is InChI=1S/C25H22ClNO5/c1-13-6-5-7-19(15(13)3)27-22(20-11-8-14(2)32-20)21(24(29)25(27)30)23(28)17-12-16(31-4)9-10-18(17)26/h5-12,22,28H,1-4H3/b23-21-. The highest BCUT2D eigenvalue weighted by atomic mass is 35.5. The zero-order valence-electron chi connectivity index (χ0n) is 18.1. The van der Waals surface area contributed by atoms with Crippen LogP contribution in [0.1, 0.15) is 34.3 Å². The summed E-state index contributed by atoms with van der Waals surface area (Å²) in [5, 5.41) is 11.5. The number of aliphatic hydroxyl groups is 1. The smallest absolute Gasteiger partial charge is 0.300 e. The van der Waals surface area contributed by atoms with Gasteiger partial charge in [-0.2, -0.15) is 0 Å². The first kappa shape index (κ1) is 21.7. The van der Waals surface area contributed by atoms with Gasteiger partial charge in [0.1, 0.15) is 29.1 Å². The van der Waals surface area contributed by atoms with E-state index in [0.29, 0.717) is 23.0 Å². The fourth-order valence-corrected chi connectivity index (χ4v) is 4.11. The van der Waals surface area contributed by atoms with Gasteiger partial charge in [-0.05, 0) is 68.3 Å². The molecule has 2 aromatic carbocycles. The van der Waals surface area contributed by atoms with Crippen LogP contribution in [0, 0.1) is 20.8 Å². The number of anilines is 1. The molecule has 0 spiro atoms. The molecule has 4 rings (SSSR count). The summed E-state index contributed by atoms with van der Waals surface area (Å²) in [6, 6.07) is 12.7. The van der Waals surface area contributed by atoms with Crippen molar-refractivity contribution in [1.29, 1.82) is 0 Å². The average molecular weight is 452 g/mol. The predicted molar refractivity (Wildman–Crippen MR) is 122 cm³/mol. The van der Waals surface area contributed by atoms with E-state index >= 15 is 0 Å². The summed E-state index contributed by atoms with van der Waals surface area (Å²) in [5.74, 6) is -0.530. The Morgan fingerprint density at radius 2 is 1.84 bits per heavy atom. The van der Waals surface area contributed by atoms with Gasteiger partial charge >= 0.3 is 0 Å². The summed E-state index contributed by atoms with van der Waals surface area (Å²) < 4.78 is 11.1. The molecular formula is C25H22ClNO5. The fourth-order valence-electron chi connectivity index (χ4n) is 3.91. The Balaban J connectivity index is 2.00. The molecule has 32 heavy (non-hydrogen) atoms. The first-order valence-corrected chi connectivity index (χ1v) is 10.4. The van der Waals surface area contributed by atoms with Crippen LogP contribution in [-0.2, 0) is 9.59 Å². The molecule has 7 heteroatoms. The maximum Gasteiger partial charge on any atom is 0.300 e. The van der Waals surface area contributed by atoms with E-state index in [9.17, 15) is 14.7 Å². The average Bonchev–Trinajstić information content (AvgIpc) is 3.31. The molecule has 0 saturated carbocycles. The number of nitrogens with zero attached hydrogens (tertiary/aromatic N) is 1. The number of aliphatic hydroxyl groups excluding tert-OH is 1. The van der Waals surface area contributed by atoms with Gasteiger partial charge in [0.2, 0.25) is 0 Å². The van der Waals surface area contributed by atoms with Gasteiger partial charge in [-0.3, -0.25) is 14.5 Å². The van der Waals surface area contributed by atoms with Crippen LogP contribution in [0.15, 0.2) is 58.5 Å². The van der Waals surface area contributed by atoms with Gasteiger partial charge in [-0.1, -0.05) is 23.7 Å². The third-order valence-corrected chi connectivity index (χ3v) is 6.07. The van der Waals surface area contributed by atoms with Crippen LogP contribution in [0.3, 0.4) is 0 Å². The number of halogens is 1. The van der Waals surface area contributed by atoms with Gasteiger partial charge in [-0.25, -0.2) is 0 Å². The number of benzene rings is 2. The Morgan fingerprint density at radius 1 is 1.09 bits per heavy atom. The molecule has 1 aliphatic rings. The van der Waals surface area contributed by atoms with Crippen molar-refractivity contribution in [3.05, 3.63) is 87.3 Å². The zero-order valence-corrected chi connectivity index (χ0v) is 18.9. The molecule has 0 aliphatic carbocycles. The maximum absolute atomic E-state index is 13.2. The summed E-state index contributed by atoms with van der Waals surface area (Å²) in [6.07, 6.45) is 0. The quantitative estimate of drug-likeness (QED) is 0.322. The van der Waals surface area contributed by atoms with Gasteiger partial charge in [0, 0.05) is 11.3 Å². The monoisotopic (exact) mass is 451 g/mol. The molecule has 1 saturated heterocycles. The second-order valence-electron chi connectivity index (χ2n) is 7.68. The molecular weight excluding hydrogens is 430 g/mol. The lowest BCUT2D eigenvalue weighted by molar-refractivity contribution is -0.132. The van der Waals surface area contributed by atoms with Crippen LogP contribution in [0.2, 0.25) is 5.02 Å².